The molecule has 0 aromatic heterocycles. The highest BCUT2D eigenvalue weighted by Crippen LogP contribution is 2.47. The van der Waals surface area contributed by atoms with E-state index >= 15 is 0 Å². The van der Waals surface area contributed by atoms with Crippen LogP contribution in [0.15, 0.2) is 24.3 Å². The number of carbonyl (C=O) groups is 1. The Labute approximate surface area is 96.0 Å². The topological polar surface area (TPSA) is 55.1 Å². The number of hydrogen-bond acceptors (Lipinski definition) is 2. The Morgan fingerprint density at radius 1 is 1.50 bits per heavy atom. The highest BCUT2D eigenvalue weighted by atomic mass is 16.2. The standard InChI is InChI=1S/C13H18N2O/c1-9-4-3-5-11(6-9)13(12(16)15-14)7-10(2)8-13/h3-6,10H,7-8,14H2,1-2H3,(H,15,16). The number of aryl methyl sites for hydroxylation is 1. The second-order valence-electron chi connectivity index (χ2n) is 4.94. The first kappa shape index (κ1) is 11.1. The largest absolute Gasteiger partial charge is 0.293 e. The lowest BCUT2D eigenvalue weighted by atomic mass is 9.58. The molecule has 1 aromatic carbocycles. The number of hydrogen-bond donors (Lipinski definition) is 2. The number of nitrogens with one attached hydrogen (secondary N) is 1. The minimum Gasteiger partial charge on any atom is -0.293 e. The monoisotopic (exact) mass is 218 g/mol. The molecule has 0 atom stereocenters. The van der Waals surface area contributed by atoms with E-state index in [1.54, 1.807) is 0 Å². The van der Waals surface area contributed by atoms with E-state index in [0.717, 1.165) is 18.4 Å². The Hall–Kier alpha value is -1.35. The van der Waals surface area contributed by atoms with Crippen LogP contribution in [-0.2, 0) is 10.2 Å². The molecular weight excluding hydrogens is 200 g/mol. The fourth-order valence-corrected chi connectivity index (χ4v) is 2.76. The molecule has 16 heavy (non-hydrogen) atoms. The normalized spacial score (nSPS) is 28.3. The molecule has 0 bridgehead atoms. The molecule has 1 fully saturated rings. The lowest BCUT2D eigenvalue weighted by Crippen LogP contribution is -2.54. The first-order valence-electron chi connectivity index (χ1n) is 5.67. The zero-order valence-corrected chi connectivity index (χ0v) is 9.79. The van der Waals surface area contributed by atoms with Crippen LogP contribution in [0.1, 0.15) is 30.9 Å². The van der Waals surface area contributed by atoms with Gasteiger partial charge in [-0.3, -0.25) is 10.2 Å². The molecule has 0 heterocycles. The lowest BCUT2D eigenvalue weighted by molar-refractivity contribution is -0.131. The maximum absolute atomic E-state index is 11.9. The Morgan fingerprint density at radius 3 is 2.69 bits per heavy atom. The third-order valence-electron chi connectivity index (χ3n) is 3.53. The van der Waals surface area contributed by atoms with Crippen molar-refractivity contribution >= 4 is 5.91 Å². The van der Waals surface area contributed by atoms with Crippen molar-refractivity contribution in [3.05, 3.63) is 35.4 Å². The van der Waals surface area contributed by atoms with Gasteiger partial charge in [0.05, 0.1) is 5.41 Å². The van der Waals surface area contributed by atoms with Gasteiger partial charge < -0.3 is 0 Å². The maximum atomic E-state index is 11.9. The van der Waals surface area contributed by atoms with Gasteiger partial charge in [0.25, 0.3) is 0 Å². The zero-order valence-electron chi connectivity index (χ0n) is 9.79. The first-order chi connectivity index (χ1) is 7.58. The summed E-state index contributed by atoms with van der Waals surface area (Å²) in [5.74, 6) is 5.83. The SMILES string of the molecule is Cc1cccc(C2(C(=O)NN)CC(C)C2)c1. The first-order valence-corrected chi connectivity index (χ1v) is 5.67. The molecule has 1 amide bonds. The third-order valence-corrected chi connectivity index (χ3v) is 3.53. The van der Waals surface area contributed by atoms with E-state index in [2.05, 4.69) is 18.4 Å². The van der Waals surface area contributed by atoms with Crippen molar-refractivity contribution in [2.45, 2.75) is 32.1 Å². The van der Waals surface area contributed by atoms with Crippen molar-refractivity contribution in [2.75, 3.05) is 0 Å². The molecule has 2 rings (SSSR count). The number of rotatable bonds is 2. The summed E-state index contributed by atoms with van der Waals surface area (Å²) in [6.07, 6.45) is 1.78. The Morgan fingerprint density at radius 2 is 2.19 bits per heavy atom. The van der Waals surface area contributed by atoms with E-state index in [9.17, 15) is 4.79 Å². The van der Waals surface area contributed by atoms with Crippen LogP contribution in [0.3, 0.4) is 0 Å². The molecule has 3 N–H and O–H groups in total. The van der Waals surface area contributed by atoms with Crippen molar-refractivity contribution in [2.24, 2.45) is 11.8 Å². The summed E-state index contributed by atoms with van der Waals surface area (Å²) >= 11 is 0. The highest BCUT2D eigenvalue weighted by molar-refractivity contribution is 5.89. The van der Waals surface area contributed by atoms with E-state index in [1.807, 2.05) is 25.1 Å². The lowest BCUT2D eigenvalue weighted by Gasteiger charge is -2.45. The van der Waals surface area contributed by atoms with E-state index in [1.165, 1.54) is 5.56 Å². The van der Waals surface area contributed by atoms with Crippen molar-refractivity contribution in [1.29, 1.82) is 0 Å². The van der Waals surface area contributed by atoms with Gasteiger partial charge in [0.1, 0.15) is 0 Å². The van der Waals surface area contributed by atoms with Gasteiger partial charge in [0, 0.05) is 0 Å². The molecule has 3 nitrogen and oxygen atoms in total. The average Bonchev–Trinajstić information content (AvgIpc) is 2.23. The molecule has 1 aromatic rings. The molecule has 1 aliphatic carbocycles. The van der Waals surface area contributed by atoms with Gasteiger partial charge >= 0.3 is 0 Å². The second kappa shape index (κ2) is 3.91. The van der Waals surface area contributed by atoms with E-state index in [0.29, 0.717) is 5.92 Å². The second-order valence-corrected chi connectivity index (χ2v) is 4.94. The van der Waals surface area contributed by atoms with E-state index < -0.39 is 0 Å². The third kappa shape index (κ3) is 1.61. The fraction of sp³-hybridized carbons (Fsp3) is 0.462. The summed E-state index contributed by atoms with van der Waals surface area (Å²) < 4.78 is 0. The fourth-order valence-electron chi connectivity index (χ4n) is 2.76. The summed E-state index contributed by atoms with van der Waals surface area (Å²) in [5.41, 5.74) is 4.19. The molecule has 86 valence electrons. The summed E-state index contributed by atoms with van der Waals surface area (Å²) in [7, 11) is 0. The summed E-state index contributed by atoms with van der Waals surface area (Å²) in [4.78, 5) is 11.9. The molecule has 0 unspecified atom stereocenters. The van der Waals surface area contributed by atoms with E-state index in [-0.39, 0.29) is 11.3 Å². The predicted octanol–water partition coefficient (Wildman–Crippen LogP) is 1.65. The van der Waals surface area contributed by atoms with Crippen LogP contribution in [0.5, 0.6) is 0 Å². The molecule has 1 saturated carbocycles. The molecule has 0 spiro atoms. The van der Waals surface area contributed by atoms with Crippen LogP contribution in [-0.4, -0.2) is 5.91 Å². The molecule has 0 aliphatic heterocycles. The zero-order chi connectivity index (χ0) is 11.8. The number of nitrogens with two attached hydrogens (primary N) is 1. The number of carbonyl (C=O) groups excluding carboxylic acids is 1. The van der Waals surface area contributed by atoms with E-state index in [4.69, 9.17) is 5.84 Å². The van der Waals surface area contributed by atoms with Crippen molar-refractivity contribution in [3.63, 3.8) is 0 Å². The van der Waals surface area contributed by atoms with Gasteiger partial charge in [-0.05, 0) is 31.2 Å². The van der Waals surface area contributed by atoms with Crippen molar-refractivity contribution < 1.29 is 4.79 Å². The van der Waals surface area contributed by atoms with Crippen LogP contribution >= 0.6 is 0 Å². The summed E-state index contributed by atoms with van der Waals surface area (Å²) in [5, 5.41) is 0. The molecule has 0 radical (unpaired) electrons. The summed E-state index contributed by atoms with van der Waals surface area (Å²) in [6, 6.07) is 8.15. The van der Waals surface area contributed by atoms with Crippen molar-refractivity contribution in [3.8, 4) is 0 Å². The number of hydrazine groups is 1. The minimum atomic E-state index is -0.389. The highest BCUT2D eigenvalue weighted by Gasteiger charge is 2.49. The van der Waals surface area contributed by atoms with Gasteiger partial charge in [-0.2, -0.15) is 0 Å². The van der Waals surface area contributed by atoms with Crippen LogP contribution in [0.4, 0.5) is 0 Å². The van der Waals surface area contributed by atoms with Gasteiger partial charge in [-0.15, -0.1) is 0 Å². The Kier molecular flexibility index (Phi) is 2.72. The van der Waals surface area contributed by atoms with Crippen LogP contribution < -0.4 is 11.3 Å². The average molecular weight is 218 g/mol. The van der Waals surface area contributed by atoms with Crippen LogP contribution in [0.2, 0.25) is 0 Å². The minimum absolute atomic E-state index is 0.0591. The van der Waals surface area contributed by atoms with Gasteiger partial charge in [-0.1, -0.05) is 36.8 Å². The van der Waals surface area contributed by atoms with Crippen LogP contribution in [0, 0.1) is 12.8 Å². The Balaban J connectivity index is 2.37. The molecule has 0 saturated heterocycles. The smallest absolute Gasteiger partial charge is 0.244 e. The quantitative estimate of drug-likeness (QED) is 0.450. The molecule has 3 heteroatoms. The summed E-state index contributed by atoms with van der Waals surface area (Å²) in [6.45, 7) is 4.21. The number of benzene rings is 1. The Bertz CT molecular complexity index is 408. The van der Waals surface area contributed by atoms with Gasteiger partial charge in [0.2, 0.25) is 5.91 Å². The molecule has 1 aliphatic rings. The van der Waals surface area contributed by atoms with Crippen LogP contribution in [0.25, 0.3) is 0 Å². The molecular formula is C13H18N2O. The number of amides is 1. The van der Waals surface area contributed by atoms with Gasteiger partial charge in [0.15, 0.2) is 0 Å². The maximum Gasteiger partial charge on any atom is 0.244 e. The predicted molar refractivity (Wildman–Crippen MR) is 63.6 cm³/mol. The van der Waals surface area contributed by atoms with Crippen molar-refractivity contribution in [1.82, 2.24) is 5.43 Å². The van der Waals surface area contributed by atoms with Gasteiger partial charge in [-0.25, -0.2) is 5.84 Å².